The third-order valence-electron chi connectivity index (χ3n) is 0.455. The number of hydrogen-bond acceptors (Lipinski definition) is 2. The molecule has 0 aromatic heterocycles. The number of rotatable bonds is 2. The fourth-order valence-electron chi connectivity index (χ4n) is 0.0833. The molecule has 0 amide bonds. The zero-order valence-corrected chi connectivity index (χ0v) is 4.52. The van der Waals surface area contributed by atoms with Gasteiger partial charge in [0.05, 0.1) is 14.2 Å². The average Bonchev–Trinajstić information content (AvgIpc) is 1.65. The Balaban J connectivity index is 0. The van der Waals surface area contributed by atoms with E-state index in [-0.39, 0.29) is 5.48 Å². The van der Waals surface area contributed by atoms with Gasteiger partial charge in [0.15, 0.2) is 0 Å². The van der Waals surface area contributed by atoms with Crippen molar-refractivity contribution in [1.29, 1.82) is 0 Å². The Morgan fingerprint density at radius 1 is 1.29 bits per heavy atom. The van der Waals surface area contributed by atoms with Crippen LogP contribution in [0, 0.1) is 0 Å². The second-order valence-corrected chi connectivity index (χ2v) is 0.780. The molecule has 0 saturated heterocycles. The summed E-state index contributed by atoms with van der Waals surface area (Å²) in [6, 6.07) is 0. The molecule has 0 aliphatic heterocycles. The van der Waals surface area contributed by atoms with E-state index in [2.05, 4.69) is 16.1 Å². The second kappa shape index (κ2) is 5.30. The van der Waals surface area contributed by atoms with Crippen molar-refractivity contribution in [2.24, 2.45) is 0 Å². The molecule has 7 heavy (non-hydrogen) atoms. The average molecular weight is 106 g/mol. The Morgan fingerprint density at radius 2 is 1.57 bits per heavy atom. The molecule has 0 radical (unpaired) electrons. The highest BCUT2D eigenvalue weighted by Crippen LogP contribution is 1.85. The molecule has 0 aromatic carbocycles. The van der Waals surface area contributed by atoms with E-state index < -0.39 is 0 Å². The van der Waals surface area contributed by atoms with Crippen molar-refractivity contribution < 1.29 is 14.9 Å². The van der Waals surface area contributed by atoms with Crippen LogP contribution in [0.15, 0.2) is 12.5 Å². The van der Waals surface area contributed by atoms with Crippen molar-refractivity contribution in [3.05, 3.63) is 12.5 Å². The van der Waals surface area contributed by atoms with Crippen LogP contribution < -0.4 is 0 Å². The van der Waals surface area contributed by atoms with Crippen molar-refractivity contribution in [3.8, 4) is 0 Å². The molecule has 0 saturated carbocycles. The van der Waals surface area contributed by atoms with E-state index in [1.165, 1.54) is 14.2 Å². The van der Waals surface area contributed by atoms with Gasteiger partial charge in [0, 0.05) is 0 Å². The highest BCUT2D eigenvalue weighted by atomic mass is 16.7. The van der Waals surface area contributed by atoms with Gasteiger partial charge in [0.2, 0.25) is 0 Å². The quantitative estimate of drug-likeness (QED) is 0.462. The van der Waals surface area contributed by atoms with Crippen LogP contribution in [0.25, 0.3) is 0 Å². The van der Waals surface area contributed by atoms with E-state index in [1.54, 1.807) is 0 Å². The lowest BCUT2D eigenvalue weighted by Crippen LogP contribution is -1.83. The van der Waals surface area contributed by atoms with Gasteiger partial charge >= 0.3 is 0 Å². The molecule has 0 atom stereocenters. The van der Waals surface area contributed by atoms with Gasteiger partial charge in [-0.3, -0.25) is 0 Å². The maximum atomic E-state index is 4.48. The van der Waals surface area contributed by atoms with Crippen LogP contribution in [0.3, 0.4) is 0 Å². The molecular weight excluding hydrogens is 96.0 g/mol. The monoisotopic (exact) mass is 106 g/mol. The summed E-state index contributed by atoms with van der Waals surface area (Å²) >= 11 is 0. The Morgan fingerprint density at radius 3 is 1.57 bits per heavy atom. The first-order chi connectivity index (χ1) is 2.81. The van der Waals surface area contributed by atoms with Crippen molar-refractivity contribution in [2.45, 2.75) is 0 Å². The minimum Gasteiger partial charge on any atom is -0.469 e. The Kier molecular flexibility index (Phi) is 7.25. The molecule has 3 heteroatoms. The molecule has 0 bridgehead atoms. The molecule has 3 nitrogen and oxygen atoms in total. The van der Waals surface area contributed by atoms with Gasteiger partial charge in [-0.05, 0) is 6.58 Å². The molecular formula is C4H10O3. The van der Waals surface area contributed by atoms with Crippen LogP contribution in [-0.2, 0) is 9.47 Å². The summed E-state index contributed by atoms with van der Waals surface area (Å²) in [6.45, 7) is 3.35. The molecule has 0 spiro atoms. The minimum absolute atomic E-state index is 0. The van der Waals surface area contributed by atoms with E-state index >= 15 is 0 Å². The molecule has 2 N–H and O–H groups in total. The fraction of sp³-hybridized carbons (Fsp3) is 0.500. The molecule has 0 unspecified atom stereocenters. The molecule has 44 valence electrons. The van der Waals surface area contributed by atoms with Gasteiger partial charge < -0.3 is 14.9 Å². The van der Waals surface area contributed by atoms with Gasteiger partial charge in [-0.15, -0.1) is 0 Å². The van der Waals surface area contributed by atoms with Crippen molar-refractivity contribution in [1.82, 2.24) is 0 Å². The van der Waals surface area contributed by atoms with Gasteiger partial charge in [0.1, 0.15) is 0 Å². The van der Waals surface area contributed by atoms with Crippen molar-refractivity contribution in [2.75, 3.05) is 14.2 Å². The summed E-state index contributed by atoms with van der Waals surface area (Å²) in [5.41, 5.74) is 0. The smallest absolute Gasteiger partial charge is 0.270 e. The highest BCUT2D eigenvalue weighted by molar-refractivity contribution is 4.63. The molecule has 0 heterocycles. The lowest BCUT2D eigenvalue weighted by molar-refractivity contribution is 0.0976. The van der Waals surface area contributed by atoms with Crippen LogP contribution >= 0.6 is 0 Å². The van der Waals surface area contributed by atoms with Crippen LogP contribution in [0.1, 0.15) is 0 Å². The SMILES string of the molecule is C=C(OC)OC.O. The van der Waals surface area contributed by atoms with Gasteiger partial charge in [-0.1, -0.05) is 0 Å². The zero-order valence-electron chi connectivity index (χ0n) is 4.52. The standard InChI is InChI=1S/C4H8O2.H2O/c1-4(5-2)6-3;/h1H2,2-3H3;1H2. The van der Waals surface area contributed by atoms with E-state index in [0.29, 0.717) is 5.95 Å². The highest BCUT2D eigenvalue weighted by Gasteiger charge is 1.77. The first-order valence-corrected chi connectivity index (χ1v) is 1.58. The summed E-state index contributed by atoms with van der Waals surface area (Å²) < 4.78 is 8.97. The Labute approximate surface area is 42.9 Å². The first kappa shape index (κ1) is 9.57. The molecule has 0 aliphatic carbocycles. The predicted molar refractivity (Wildman–Crippen MR) is 26.8 cm³/mol. The van der Waals surface area contributed by atoms with E-state index in [0.717, 1.165) is 0 Å². The van der Waals surface area contributed by atoms with Crippen LogP contribution in [0.4, 0.5) is 0 Å². The molecule has 0 fully saturated rings. The Hall–Kier alpha value is -0.700. The lowest BCUT2D eigenvalue weighted by Gasteiger charge is -1.97. The van der Waals surface area contributed by atoms with Crippen LogP contribution in [0.5, 0.6) is 0 Å². The zero-order chi connectivity index (χ0) is 4.99. The van der Waals surface area contributed by atoms with Gasteiger partial charge in [-0.2, -0.15) is 0 Å². The van der Waals surface area contributed by atoms with Crippen molar-refractivity contribution in [3.63, 3.8) is 0 Å². The maximum Gasteiger partial charge on any atom is 0.270 e. The van der Waals surface area contributed by atoms with E-state index in [9.17, 15) is 0 Å². The summed E-state index contributed by atoms with van der Waals surface area (Å²) in [5, 5.41) is 0. The molecule has 0 aromatic rings. The summed E-state index contributed by atoms with van der Waals surface area (Å²) in [4.78, 5) is 0. The number of hydrogen-bond donors (Lipinski definition) is 0. The fourth-order valence-corrected chi connectivity index (χ4v) is 0.0833. The van der Waals surface area contributed by atoms with E-state index in [1.807, 2.05) is 0 Å². The third-order valence-corrected chi connectivity index (χ3v) is 0.455. The summed E-state index contributed by atoms with van der Waals surface area (Å²) in [5.74, 6) is 0.343. The van der Waals surface area contributed by atoms with Crippen molar-refractivity contribution >= 4 is 0 Å². The maximum absolute atomic E-state index is 4.48. The number of ether oxygens (including phenoxy) is 2. The van der Waals surface area contributed by atoms with Gasteiger partial charge in [-0.25, -0.2) is 0 Å². The second-order valence-electron chi connectivity index (χ2n) is 0.780. The van der Waals surface area contributed by atoms with E-state index in [4.69, 9.17) is 0 Å². The molecule has 0 rings (SSSR count). The first-order valence-electron chi connectivity index (χ1n) is 1.58. The third kappa shape index (κ3) is 5.30. The normalized spacial score (nSPS) is 6.00. The topological polar surface area (TPSA) is 50.0 Å². The molecule has 0 aliphatic rings. The summed E-state index contributed by atoms with van der Waals surface area (Å²) in [6.07, 6.45) is 0. The van der Waals surface area contributed by atoms with Crippen LogP contribution in [0.2, 0.25) is 0 Å². The van der Waals surface area contributed by atoms with Gasteiger partial charge in [0.25, 0.3) is 5.95 Å². The lowest BCUT2D eigenvalue weighted by atomic mass is 11.0. The minimum atomic E-state index is 0. The predicted octanol–water partition coefficient (Wildman–Crippen LogP) is -0.0743. The largest absolute Gasteiger partial charge is 0.469 e. The van der Waals surface area contributed by atoms with Crippen LogP contribution in [-0.4, -0.2) is 19.7 Å². The number of methoxy groups -OCH3 is 2. The Bertz CT molecular complexity index is 44.9. The summed E-state index contributed by atoms with van der Waals surface area (Å²) in [7, 11) is 3.01.